The Balaban J connectivity index is 2.13. The molecular weight excluding hydrogens is 274 g/mol. The molecule has 2 heterocycles. The van der Waals surface area contributed by atoms with Crippen LogP contribution in [0.4, 0.5) is 5.00 Å². The summed E-state index contributed by atoms with van der Waals surface area (Å²) in [7, 11) is 0. The van der Waals surface area contributed by atoms with Gasteiger partial charge in [0.1, 0.15) is 5.54 Å². The van der Waals surface area contributed by atoms with Crippen LogP contribution >= 0.6 is 11.3 Å². The Kier molecular flexibility index (Phi) is 3.25. The molecule has 1 amide bonds. The first kappa shape index (κ1) is 13.4. The molecule has 3 N–H and O–H groups in total. The van der Waals surface area contributed by atoms with Gasteiger partial charge in [0.2, 0.25) is 0 Å². The summed E-state index contributed by atoms with van der Waals surface area (Å²) in [5, 5.41) is 20.8. The van der Waals surface area contributed by atoms with Crippen molar-refractivity contribution < 1.29 is 19.6 Å². The number of rotatable bonds is 3. The number of carbonyl (C=O) groups is 2. The van der Waals surface area contributed by atoms with Gasteiger partial charge in [-0.3, -0.25) is 19.7 Å². The molecule has 8 nitrogen and oxygen atoms in total. The van der Waals surface area contributed by atoms with E-state index in [4.69, 9.17) is 10.8 Å². The van der Waals surface area contributed by atoms with Gasteiger partial charge in [-0.1, -0.05) is 11.3 Å². The van der Waals surface area contributed by atoms with Crippen LogP contribution in [-0.4, -0.2) is 45.4 Å². The highest BCUT2D eigenvalue weighted by atomic mass is 32.1. The van der Waals surface area contributed by atoms with Crippen LogP contribution in [0, 0.1) is 10.1 Å². The van der Waals surface area contributed by atoms with Gasteiger partial charge in [0, 0.05) is 24.5 Å². The van der Waals surface area contributed by atoms with E-state index in [0.717, 1.165) is 11.3 Å². The van der Waals surface area contributed by atoms with Crippen LogP contribution in [0.25, 0.3) is 0 Å². The highest BCUT2D eigenvalue weighted by Gasteiger charge is 2.43. The third kappa shape index (κ3) is 2.42. The molecule has 1 unspecified atom stereocenters. The van der Waals surface area contributed by atoms with Crippen LogP contribution in [-0.2, 0) is 4.79 Å². The van der Waals surface area contributed by atoms with Crippen LogP contribution in [0.15, 0.2) is 11.4 Å². The Morgan fingerprint density at radius 1 is 1.58 bits per heavy atom. The molecule has 0 radical (unpaired) electrons. The number of likely N-dealkylation sites (tertiary alicyclic amines) is 1. The second-order valence-corrected chi connectivity index (χ2v) is 5.26. The van der Waals surface area contributed by atoms with E-state index in [1.807, 2.05) is 0 Å². The molecule has 0 bridgehead atoms. The van der Waals surface area contributed by atoms with Gasteiger partial charge in [-0.25, -0.2) is 0 Å². The smallest absolute Gasteiger partial charge is 0.325 e. The number of nitro groups is 1. The predicted molar refractivity (Wildman–Crippen MR) is 66.0 cm³/mol. The summed E-state index contributed by atoms with van der Waals surface area (Å²) in [6.07, 6.45) is 0.167. The lowest BCUT2D eigenvalue weighted by molar-refractivity contribution is -0.380. The van der Waals surface area contributed by atoms with E-state index in [9.17, 15) is 19.7 Å². The van der Waals surface area contributed by atoms with E-state index < -0.39 is 22.3 Å². The zero-order chi connectivity index (χ0) is 14.2. The maximum absolute atomic E-state index is 12.1. The van der Waals surface area contributed by atoms with Crippen LogP contribution in [0.3, 0.4) is 0 Å². The first-order chi connectivity index (χ1) is 8.83. The maximum atomic E-state index is 12.1. The summed E-state index contributed by atoms with van der Waals surface area (Å²) in [5.74, 6) is -1.59. The summed E-state index contributed by atoms with van der Waals surface area (Å²) in [6, 6.07) is 1.18. The normalized spacial score (nSPS) is 22.5. The zero-order valence-electron chi connectivity index (χ0n) is 9.74. The molecule has 1 atom stereocenters. The van der Waals surface area contributed by atoms with Gasteiger partial charge in [0.05, 0.1) is 10.5 Å². The van der Waals surface area contributed by atoms with Gasteiger partial charge in [0.15, 0.2) is 0 Å². The fraction of sp³-hybridized carbons (Fsp3) is 0.400. The highest BCUT2D eigenvalue weighted by molar-refractivity contribution is 7.13. The second-order valence-electron chi connectivity index (χ2n) is 4.37. The lowest BCUT2D eigenvalue weighted by atomic mass is 10.0. The molecule has 1 aliphatic rings. The van der Waals surface area contributed by atoms with Gasteiger partial charge in [0.25, 0.3) is 5.91 Å². The van der Waals surface area contributed by atoms with Crippen LogP contribution in [0.1, 0.15) is 16.8 Å². The average Bonchev–Trinajstić information content (AvgIpc) is 2.95. The number of nitrogens with zero attached hydrogens (tertiary/aromatic N) is 2. The van der Waals surface area contributed by atoms with E-state index in [2.05, 4.69) is 0 Å². The van der Waals surface area contributed by atoms with Gasteiger partial charge in [-0.15, -0.1) is 0 Å². The number of carboxylic acids is 1. The molecule has 9 heteroatoms. The Labute approximate surface area is 111 Å². The summed E-state index contributed by atoms with van der Waals surface area (Å²) >= 11 is 0.857. The molecular formula is C10H11N3O5S. The quantitative estimate of drug-likeness (QED) is 0.606. The molecule has 1 saturated heterocycles. The number of thiophene rings is 1. The highest BCUT2D eigenvalue weighted by Crippen LogP contribution is 2.26. The van der Waals surface area contributed by atoms with E-state index in [1.165, 1.54) is 16.3 Å². The molecule has 19 heavy (non-hydrogen) atoms. The van der Waals surface area contributed by atoms with Crippen molar-refractivity contribution in [3.8, 4) is 0 Å². The Morgan fingerprint density at radius 3 is 2.74 bits per heavy atom. The lowest BCUT2D eigenvalue weighted by Crippen LogP contribution is -2.50. The zero-order valence-corrected chi connectivity index (χ0v) is 10.6. The molecule has 1 aromatic heterocycles. The van der Waals surface area contributed by atoms with Gasteiger partial charge < -0.3 is 15.7 Å². The third-order valence-corrected chi connectivity index (χ3v) is 3.91. The molecule has 0 spiro atoms. The van der Waals surface area contributed by atoms with E-state index >= 15 is 0 Å². The van der Waals surface area contributed by atoms with Crippen LogP contribution < -0.4 is 5.73 Å². The van der Waals surface area contributed by atoms with Crippen molar-refractivity contribution >= 4 is 28.2 Å². The first-order valence-corrected chi connectivity index (χ1v) is 6.26. The van der Waals surface area contributed by atoms with Crippen molar-refractivity contribution in [1.82, 2.24) is 4.90 Å². The number of carbonyl (C=O) groups excluding carboxylic acids is 1. The van der Waals surface area contributed by atoms with E-state index in [0.29, 0.717) is 0 Å². The summed E-state index contributed by atoms with van der Waals surface area (Å²) in [6.45, 7) is 0.135. The lowest BCUT2D eigenvalue weighted by Gasteiger charge is -2.19. The Hall–Kier alpha value is -2.00. The number of hydrogen-bond donors (Lipinski definition) is 2. The Bertz CT molecular complexity index is 557. The van der Waals surface area contributed by atoms with Crippen molar-refractivity contribution in [2.24, 2.45) is 5.73 Å². The monoisotopic (exact) mass is 285 g/mol. The largest absolute Gasteiger partial charge is 0.480 e. The van der Waals surface area contributed by atoms with Crippen molar-refractivity contribution in [1.29, 1.82) is 0 Å². The fourth-order valence-electron chi connectivity index (χ4n) is 1.90. The number of nitrogens with two attached hydrogens (primary N) is 1. The van der Waals surface area contributed by atoms with Crippen molar-refractivity contribution in [3.63, 3.8) is 0 Å². The van der Waals surface area contributed by atoms with Crippen molar-refractivity contribution in [2.75, 3.05) is 13.1 Å². The molecule has 2 rings (SSSR count). The molecule has 1 fully saturated rings. The predicted octanol–water partition coefficient (Wildman–Crippen LogP) is 0.284. The van der Waals surface area contributed by atoms with E-state index in [-0.39, 0.29) is 30.1 Å². The molecule has 102 valence electrons. The van der Waals surface area contributed by atoms with Crippen LogP contribution in [0.5, 0.6) is 0 Å². The third-order valence-electron chi connectivity index (χ3n) is 3.03. The molecule has 0 saturated carbocycles. The van der Waals surface area contributed by atoms with Gasteiger partial charge >= 0.3 is 11.0 Å². The number of hydrogen-bond acceptors (Lipinski definition) is 6. The number of carboxylic acid groups (broad SMARTS) is 1. The molecule has 1 aliphatic heterocycles. The molecule has 1 aromatic rings. The second kappa shape index (κ2) is 4.59. The minimum atomic E-state index is -1.43. The summed E-state index contributed by atoms with van der Waals surface area (Å²) < 4.78 is 0. The Morgan fingerprint density at radius 2 is 2.26 bits per heavy atom. The van der Waals surface area contributed by atoms with Gasteiger partial charge in [-0.2, -0.15) is 0 Å². The van der Waals surface area contributed by atoms with Gasteiger partial charge in [-0.05, 0) is 6.42 Å². The summed E-state index contributed by atoms with van der Waals surface area (Å²) in [4.78, 5) is 34.3. The standard InChI is InChI=1S/C10H11N3O5S/c11-10(9(15)16)1-2-12(5-10)8(14)6-3-7(13(17)18)19-4-6/h3-4H,1-2,5,11H2,(H,15,16). The molecule has 0 aromatic carbocycles. The SMILES string of the molecule is NC1(C(=O)O)CCN(C(=O)c2csc([N+](=O)[O-])c2)C1. The topological polar surface area (TPSA) is 127 Å². The van der Waals surface area contributed by atoms with Crippen molar-refractivity contribution in [2.45, 2.75) is 12.0 Å². The fourth-order valence-corrected chi connectivity index (χ4v) is 2.59. The van der Waals surface area contributed by atoms with E-state index in [1.54, 1.807) is 0 Å². The van der Waals surface area contributed by atoms with Crippen molar-refractivity contribution in [3.05, 3.63) is 27.1 Å². The summed E-state index contributed by atoms with van der Waals surface area (Å²) in [5.41, 5.74) is 4.42. The minimum absolute atomic E-state index is 0.0924. The maximum Gasteiger partial charge on any atom is 0.325 e. The number of aliphatic carboxylic acids is 1. The minimum Gasteiger partial charge on any atom is -0.480 e. The molecule has 0 aliphatic carbocycles. The van der Waals surface area contributed by atoms with Crippen LogP contribution in [0.2, 0.25) is 0 Å². The first-order valence-electron chi connectivity index (χ1n) is 5.38. The average molecular weight is 285 g/mol. The number of amides is 1.